The Morgan fingerprint density at radius 2 is 1.45 bits per heavy atom. The van der Waals surface area contributed by atoms with Crippen LogP contribution < -0.4 is 33.2 Å². The Morgan fingerprint density at radius 1 is 0.775 bits per heavy atom. The van der Waals surface area contributed by atoms with E-state index in [0.717, 1.165) is 5.56 Å². The number of methoxy groups -OCH3 is 5. The first kappa shape index (κ1) is 28.2. The number of allylic oxidation sites excluding steroid dienone is 1. The van der Waals surface area contributed by atoms with Crippen molar-refractivity contribution in [1.82, 2.24) is 0 Å². The highest BCUT2D eigenvalue weighted by Gasteiger charge is 2.29. The Morgan fingerprint density at radius 3 is 2.05 bits per heavy atom. The summed E-state index contributed by atoms with van der Waals surface area (Å²) in [5, 5.41) is 10.5. The van der Waals surface area contributed by atoms with Gasteiger partial charge >= 0.3 is 5.97 Å². The monoisotopic (exact) mass is 550 g/mol. The fourth-order valence-electron chi connectivity index (χ4n) is 4.67. The van der Waals surface area contributed by atoms with Crippen LogP contribution in [0.1, 0.15) is 27.0 Å². The van der Waals surface area contributed by atoms with Gasteiger partial charge in [0.15, 0.2) is 28.8 Å². The van der Waals surface area contributed by atoms with Crippen molar-refractivity contribution < 1.29 is 47.9 Å². The van der Waals surface area contributed by atoms with Crippen molar-refractivity contribution >= 4 is 17.3 Å². The zero-order valence-electron chi connectivity index (χ0n) is 23.1. The molecule has 1 aliphatic rings. The lowest BCUT2D eigenvalue weighted by atomic mass is 9.88. The first-order valence-electron chi connectivity index (χ1n) is 12.2. The molecule has 40 heavy (non-hydrogen) atoms. The van der Waals surface area contributed by atoms with Crippen LogP contribution in [-0.4, -0.2) is 59.2 Å². The number of carbonyl (C=O) groups excluding carboxylic acids is 1. The molecule has 4 rings (SSSR count). The number of hydrogen-bond acceptors (Lipinski definition) is 9. The van der Waals surface area contributed by atoms with Crippen LogP contribution in [0.4, 0.5) is 0 Å². The van der Waals surface area contributed by atoms with Crippen LogP contribution in [-0.2, 0) is 11.2 Å². The number of carbonyl (C=O) groups is 2. The fourth-order valence-corrected chi connectivity index (χ4v) is 4.67. The minimum atomic E-state index is -1.31. The normalized spacial score (nSPS) is 12.3. The molecule has 0 fully saturated rings. The van der Waals surface area contributed by atoms with E-state index in [-0.39, 0.29) is 35.7 Å². The molecule has 0 spiro atoms. The summed E-state index contributed by atoms with van der Waals surface area (Å²) in [5.41, 5.74) is 1.51. The number of ketones is 1. The van der Waals surface area contributed by atoms with Crippen LogP contribution in [0.3, 0.4) is 0 Å². The number of rotatable bonds is 11. The summed E-state index contributed by atoms with van der Waals surface area (Å²) < 4.78 is 38.3. The van der Waals surface area contributed by atoms with Gasteiger partial charge in [0.05, 0.1) is 41.1 Å². The van der Waals surface area contributed by atoms with Crippen molar-refractivity contribution in [1.29, 1.82) is 0 Å². The zero-order chi connectivity index (χ0) is 29.0. The van der Waals surface area contributed by atoms with Gasteiger partial charge in [0.25, 0.3) is 0 Å². The molecule has 0 radical (unpaired) electrons. The number of aryl methyl sites for hydroxylation is 1. The molecule has 1 heterocycles. The van der Waals surface area contributed by atoms with Crippen molar-refractivity contribution in [2.45, 2.75) is 13.3 Å². The predicted molar refractivity (Wildman–Crippen MR) is 146 cm³/mol. The summed E-state index contributed by atoms with van der Waals surface area (Å²) >= 11 is 0. The number of benzene rings is 3. The first-order valence-corrected chi connectivity index (χ1v) is 12.2. The Kier molecular flexibility index (Phi) is 8.37. The smallest absolute Gasteiger partial charge is 0.336 e. The lowest BCUT2D eigenvalue weighted by Gasteiger charge is -2.18. The molecular weight excluding hydrogens is 520 g/mol. The van der Waals surface area contributed by atoms with Gasteiger partial charge in [-0.3, -0.25) is 4.79 Å². The average molecular weight is 551 g/mol. The van der Waals surface area contributed by atoms with Crippen molar-refractivity contribution in [3.8, 4) is 40.2 Å². The molecule has 0 unspecified atom stereocenters. The van der Waals surface area contributed by atoms with E-state index in [1.54, 1.807) is 37.3 Å². The third-order valence-corrected chi connectivity index (χ3v) is 6.55. The zero-order valence-corrected chi connectivity index (χ0v) is 23.1. The minimum absolute atomic E-state index is 0.00325. The maximum atomic E-state index is 14.1. The molecule has 1 N–H and O–H groups in total. The maximum absolute atomic E-state index is 14.1. The third kappa shape index (κ3) is 5.20. The number of hydrogen-bond donors (Lipinski definition) is 1. The predicted octanol–water partition coefficient (Wildman–Crippen LogP) is 4.73. The van der Waals surface area contributed by atoms with Crippen molar-refractivity contribution in [3.05, 3.63) is 70.3 Å². The summed E-state index contributed by atoms with van der Waals surface area (Å²) in [6.45, 7) is 1.76. The highest BCUT2D eigenvalue weighted by Crippen LogP contribution is 2.45. The van der Waals surface area contributed by atoms with Crippen molar-refractivity contribution in [2.75, 3.05) is 42.3 Å². The highest BCUT2D eigenvalue weighted by molar-refractivity contribution is 6.26. The van der Waals surface area contributed by atoms with Crippen LogP contribution in [0.25, 0.3) is 5.57 Å². The second-order valence-corrected chi connectivity index (χ2v) is 8.75. The van der Waals surface area contributed by atoms with Crippen LogP contribution in [0, 0.1) is 6.92 Å². The van der Waals surface area contributed by atoms with Gasteiger partial charge in [-0.1, -0.05) is 6.07 Å². The van der Waals surface area contributed by atoms with E-state index in [4.69, 9.17) is 33.2 Å². The van der Waals surface area contributed by atoms with Crippen LogP contribution in [0.5, 0.6) is 40.2 Å². The molecule has 0 atom stereocenters. The summed E-state index contributed by atoms with van der Waals surface area (Å²) in [6.07, 6.45) is -0.105. The molecule has 3 aromatic rings. The fraction of sp³-hybridized carbons (Fsp3) is 0.267. The second-order valence-electron chi connectivity index (χ2n) is 8.75. The van der Waals surface area contributed by atoms with E-state index in [1.165, 1.54) is 47.7 Å². The third-order valence-electron chi connectivity index (χ3n) is 6.55. The molecule has 0 amide bonds. The number of fused-ring (bicyclic) bond motifs is 1. The van der Waals surface area contributed by atoms with E-state index >= 15 is 0 Å². The lowest BCUT2D eigenvalue weighted by molar-refractivity contribution is -0.130. The van der Waals surface area contributed by atoms with Gasteiger partial charge in [0.2, 0.25) is 18.3 Å². The molecule has 1 aliphatic heterocycles. The Bertz CT molecular complexity index is 1490. The van der Waals surface area contributed by atoms with Gasteiger partial charge in [-0.25, -0.2) is 4.79 Å². The van der Waals surface area contributed by atoms with E-state index in [9.17, 15) is 14.7 Å². The molecular formula is C30H30O10. The summed E-state index contributed by atoms with van der Waals surface area (Å²) in [5.74, 6) is 0.791. The molecule has 0 saturated carbocycles. The van der Waals surface area contributed by atoms with E-state index in [0.29, 0.717) is 45.6 Å². The van der Waals surface area contributed by atoms with Gasteiger partial charge in [0.1, 0.15) is 5.75 Å². The molecule has 0 aromatic heterocycles. The molecule has 0 saturated heterocycles. The van der Waals surface area contributed by atoms with Gasteiger partial charge in [-0.15, -0.1) is 0 Å². The van der Waals surface area contributed by atoms with Gasteiger partial charge < -0.3 is 38.3 Å². The second kappa shape index (κ2) is 11.9. The van der Waals surface area contributed by atoms with Gasteiger partial charge in [-0.05, 0) is 54.4 Å². The quantitative estimate of drug-likeness (QED) is 0.265. The molecule has 0 aliphatic carbocycles. The largest absolute Gasteiger partial charge is 0.496 e. The first-order chi connectivity index (χ1) is 19.3. The molecule has 210 valence electrons. The topological polar surface area (TPSA) is 119 Å². The molecule has 10 heteroatoms. The van der Waals surface area contributed by atoms with E-state index in [2.05, 4.69) is 0 Å². The Hall–Kier alpha value is -4.86. The van der Waals surface area contributed by atoms with Crippen LogP contribution >= 0.6 is 0 Å². The van der Waals surface area contributed by atoms with E-state index in [1.807, 2.05) is 0 Å². The molecule has 10 nitrogen and oxygen atoms in total. The summed E-state index contributed by atoms with van der Waals surface area (Å²) in [4.78, 5) is 27.0. The summed E-state index contributed by atoms with van der Waals surface area (Å²) in [6, 6.07) is 11.3. The lowest BCUT2D eigenvalue weighted by Crippen LogP contribution is -2.15. The molecule has 3 aromatic carbocycles. The van der Waals surface area contributed by atoms with Crippen molar-refractivity contribution in [2.24, 2.45) is 0 Å². The number of ether oxygens (including phenoxy) is 7. The Labute approximate surface area is 231 Å². The maximum Gasteiger partial charge on any atom is 0.336 e. The van der Waals surface area contributed by atoms with Gasteiger partial charge in [-0.2, -0.15) is 0 Å². The highest BCUT2D eigenvalue weighted by atomic mass is 16.7. The van der Waals surface area contributed by atoms with E-state index < -0.39 is 11.8 Å². The summed E-state index contributed by atoms with van der Waals surface area (Å²) in [7, 11) is 7.39. The number of carboxylic acids is 1. The SMILES string of the molecule is COc1ccc(C(=O)/C(Cc2ccc(OC)c(OC)c2OC)=C(\C(=O)O)c2cc(OC)c3c(c2)OCO3)cc1C. The average Bonchev–Trinajstić information content (AvgIpc) is 3.44. The number of Topliss-reactive ketones (excluding diaryl/α,β-unsaturated/α-hetero) is 1. The standard InChI is InChI=1S/C30H30O10/c1-16-11-17(7-9-21(16)34-2)26(31)20(12-18-8-10-22(35-3)29(38-6)27(18)37-5)25(30(32)33)19-13-23(36-4)28-24(14-19)39-15-40-28/h7-11,13-14H,12,15H2,1-6H3,(H,32,33)/b25-20-. The van der Waals surface area contributed by atoms with Gasteiger partial charge in [0, 0.05) is 23.1 Å². The minimum Gasteiger partial charge on any atom is -0.496 e. The number of aliphatic carboxylic acids is 1. The Balaban J connectivity index is 1.99. The van der Waals surface area contributed by atoms with Crippen molar-refractivity contribution in [3.63, 3.8) is 0 Å². The van der Waals surface area contributed by atoms with Crippen LogP contribution in [0.2, 0.25) is 0 Å². The molecule has 0 bridgehead atoms. The van der Waals surface area contributed by atoms with Crippen LogP contribution in [0.15, 0.2) is 48.0 Å². The number of carboxylic acid groups (broad SMARTS) is 1.